The third kappa shape index (κ3) is 7.65. The number of nitrogens with two attached hydrogens (primary N) is 1. The van der Waals surface area contributed by atoms with Crippen molar-refractivity contribution in [1.82, 2.24) is 10.6 Å². The molecule has 3 amide bonds. The summed E-state index contributed by atoms with van der Waals surface area (Å²) in [4.78, 5) is 47.9. The number of amides is 3. The van der Waals surface area contributed by atoms with Gasteiger partial charge in [0.15, 0.2) is 0 Å². The van der Waals surface area contributed by atoms with E-state index in [1.54, 1.807) is 51.1 Å². The van der Waals surface area contributed by atoms with Gasteiger partial charge in [0.1, 0.15) is 17.7 Å². The average molecular weight is 393 g/mol. The summed E-state index contributed by atoms with van der Waals surface area (Å²) in [5.74, 6) is -4.22. The molecular formula is C19H27N3O6. The molecule has 0 aliphatic heterocycles. The Kier molecular flexibility index (Phi) is 7.97. The molecular weight excluding hydrogens is 366 g/mol. The predicted octanol–water partition coefficient (Wildman–Crippen LogP) is 0.813. The molecule has 0 heterocycles. The summed E-state index contributed by atoms with van der Waals surface area (Å²) in [5.41, 5.74) is 4.97. The van der Waals surface area contributed by atoms with Crippen molar-refractivity contribution in [2.75, 3.05) is 0 Å². The third-order valence-corrected chi connectivity index (χ3v) is 3.76. The van der Waals surface area contributed by atoms with E-state index in [-0.39, 0.29) is 6.42 Å². The van der Waals surface area contributed by atoms with Crippen molar-refractivity contribution < 1.29 is 29.0 Å². The molecule has 154 valence electrons. The van der Waals surface area contributed by atoms with E-state index in [1.807, 2.05) is 0 Å². The lowest BCUT2D eigenvalue weighted by Gasteiger charge is -2.27. The van der Waals surface area contributed by atoms with Crippen LogP contribution in [0.2, 0.25) is 0 Å². The highest BCUT2D eigenvalue weighted by atomic mass is 16.6. The van der Waals surface area contributed by atoms with Gasteiger partial charge in [-0.05, 0) is 39.7 Å². The van der Waals surface area contributed by atoms with Crippen molar-refractivity contribution in [3.05, 3.63) is 35.9 Å². The Bertz CT molecular complexity index is 714. The van der Waals surface area contributed by atoms with Crippen LogP contribution in [-0.2, 0) is 25.5 Å². The molecule has 0 aliphatic rings. The highest BCUT2D eigenvalue weighted by Gasteiger charge is 2.37. The standard InChI is InChI=1S/C19H27N3O6/c1-11(15(20)23)21-16(24)14(22-18(27)28-19(2,3)4)13(17(25)26)10-12-8-6-5-7-9-12/h5-9,11,13-14H,10H2,1-4H3,(H2,20,23)(H,21,24)(H,22,27)(H,25,26)/t11-,13?,14+/m1/s1. The van der Waals surface area contributed by atoms with Crippen LogP contribution in [-0.4, -0.2) is 46.7 Å². The summed E-state index contributed by atoms with van der Waals surface area (Å²) in [5, 5.41) is 14.3. The minimum atomic E-state index is -1.48. The number of hydrogen-bond donors (Lipinski definition) is 4. The number of carbonyl (C=O) groups is 4. The Balaban J connectivity index is 3.13. The van der Waals surface area contributed by atoms with E-state index in [1.165, 1.54) is 6.92 Å². The van der Waals surface area contributed by atoms with Crippen LogP contribution in [0.3, 0.4) is 0 Å². The Morgan fingerprint density at radius 1 is 1.11 bits per heavy atom. The van der Waals surface area contributed by atoms with E-state index in [0.29, 0.717) is 5.56 Å². The van der Waals surface area contributed by atoms with Gasteiger partial charge in [0.2, 0.25) is 11.8 Å². The molecule has 0 radical (unpaired) electrons. The van der Waals surface area contributed by atoms with Gasteiger partial charge < -0.3 is 26.2 Å². The SMILES string of the molecule is C[C@@H](NC(=O)[C@@H](NC(=O)OC(C)(C)C)C(Cc1ccccc1)C(=O)O)C(N)=O. The number of hydrogen-bond acceptors (Lipinski definition) is 5. The smallest absolute Gasteiger partial charge is 0.408 e. The van der Waals surface area contributed by atoms with E-state index in [2.05, 4.69) is 10.6 Å². The number of rotatable bonds is 8. The normalized spacial score (nSPS) is 14.3. The van der Waals surface area contributed by atoms with Gasteiger partial charge in [-0.1, -0.05) is 30.3 Å². The molecule has 9 heteroatoms. The summed E-state index contributed by atoms with van der Waals surface area (Å²) >= 11 is 0. The van der Waals surface area contributed by atoms with Gasteiger partial charge in [0.05, 0.1) is 5.92 Å². The van der Waals surface area contributed by atoms with Crippen LogP contribution in [0.25, 0.3) is 0 Å². The lowest BCUT2D eigenvalue weighted by atomic mass is 9.91. The largest absolute Gasteiger partial charge is 0.481 e. The third-order valence-electron chi connectivity index (χ3n) is 3.76. The average Bonchev–Trinajstić information content (AvgIpc) is 2.56. The maximum absolute atomic E-state index is 12.6. The van der Waals surface area contributed by atoms with Crippen LogP contribution in [0.1, 0.15) is 33.3 Å². The first kappa shape index (κ1) is 22.9. The maximum Gasteiger partial charge on any atom is 0.408 e. The number of ether oxygens (including phenoxy) is 1. The Morgan fingerprint density at radius 3 is 2.14 bits per heavy atom. The van der Waals surface area contributed by atoms with Crippen LogP contribution in [0.5, 0.6) is 0 Å². The highest BCUT2D eigenvalue weighted by Crippen LogP contribution is 2.15. The van der Waals surface area contributed by atoms with E-state index < -0.39 is 47.5 Å². The van der Waals surface area contributed by atoms with Crippen LogP contribution in [0.4, 0.5) is 4.79 Å². The first-order valence-electron chi connectivity index (χ1n) is 8.76. The Hall–Kier alpha value is -3.10. The minimum Gasteiger partial charge on any atom is -0.481 e. The molecule has 28 heavy (non-hydrogen) atoms. The molecule has 3 atom stereocenters. The van der Waals surface area contributed by atoms with Gasteiger partial charge in [-0.25, -0.2) is 4.79 Å². The van der Waals surface area contributed by atoms with Gasteiger partial charge >= 0.3 is 12.1 Å². The second-order valence-corrected chi connectivity index (χ2v) is 7.39. The van der Waals surface area contributed by atoms with E-state index >= 15 is 0 Å². The summed E-state index contributed by atoms with van der Waals surface area (Å²) in [7, 11) is 0. The number of carbonyl (C=O) groups excluding carboxylic acids is 3. The summed E-state index contributed by atoms with van der Waals surface area (Å²) in [6.45, 7) is 6.26. The molecule has 0 bridgehead atoms. The van der Waals surface area contributed by atoms with Gasteiger partial charge in [0.25, 0.3) is 0 Å². The highest BCUT2D eigenvalue weighted by molar-refractivity contribution is 5.93. The molecule has 0 fully saturated rings. The second kappa shape index (κ2) is 9.72. The fourth-order valence-electron chi connectivity index (χ4n) is 2.37. The molecule has 1 aromatic carbocycles. The van der Waals surface area contributed by atoms with E-state index in [4.69, 9.17) is 10.5 Å². The molecule has 5 N–H and O–H groups in total. The number of carboxylic acid groups (broad SMARTS) is 1. The van der Waals surface area contributed by atoms with Gasteiger partial charge in [-0.15, -0.1) is 0 Å². The minimum absolute atomic E-state index is 0.0188. The maximum atomic E-state index is 12.6. The van der Waals surface area contributed by atoms with Crippen LogP contribution >= 0.6 is 0 Å². The van der Waals surface area contributed by atoms with Crippen LogP contribution < -0.4 is 16.4 Å². The molecule has 1 unspecified atom stereocenters. The molecule has 0 aromatic heterocycles. The first-order valence-corrected chi connectivity index (χ1v) is 8.76. The molecule has 9 nitrogen and oxygen atoms in total. The first-order chi connectivity index (χ1) is 12.9. The van der Waals surface area contributed by atoms with Gasteiger partial charge in [-0.3, -0.25) is 14.4 Å². The lowest BCUT2D eigenvalue weighted by molar-refractivity contribution is -0.145. The second-order valence-electron chi connectivity index (χ2n) is 7.39. The van der Waals surface area contributed by atoms with Crippen molar-refractivity contribution in [1.29, 1.82) is 0 Å². The zero-order chi connectivity index (χ0) is 21.5. The number of aliphatic carboxylic acids is 1. The van der Waals surface area contributed by atoms with Crippen molar-refractivity contribution in [3.8, 4) is 0 Å². The van der Waals surface area contributed by atoms with Gasteiger partial charge in [-0.2, -0.15) is 0 Å². The van der Waals surface area contributed by atoms with Crippen molar-refractivity contribution in [2.24, 2.45) is 11.7 Å². The molecule has 1 rings (SSSR count). The summed E-state index contributed by atoms with van der Waals surface area (Å²) < 4.78 is 5.14. The number of primary amides is 1. The number of benzene rings is 1. The lowest BCUT2D eigenvalue weighted by Crippen LogP contribution is -2.57. The van der Waals surface area contributed by atoms with Gasteiger partial charge in [0, 0.05) is 0 Å². The Labute approximate surface area is 163 Å². The van der Waals surface area contributed by atoms with Crippen LogP contribution in [0.15, 0.2) is 30.3 Å². The number of nitrogens with one attached hydrogen (secondary N) is 2. The van der Waals surface area contributed by atoms with Crippen molar-refractivity contribution in [3.63, 3.8) is 0 Å². The summed E-state index contributed by atoms with van der Waals surface area (Å²) in [6.07, 6.45) is -0.964. The Morgan fingerprint density at radius 2 is 1.68 bits per heavy atom. The van der Waals surface area contributed by atoms with Crippen LogP contribution in [0, 0.1) is 5.92 Å². The topological polar surface area (TPSA) is 148 Å². The predicted molar refractivity (Wildman–Crippen MR) is 101 cm³/mol. The molecule has 0 spiro atoms. The van der Waals surface area contributed by atoms with Crippen molar-refractivity contribution >= 4 is 23.9 Å². The molecule has 0 saturated carbocycles. The molecule has 0 saturated heterocycles. The van der Waals surface area contributed by atoms with E-state index in [9.17, 15) is 24.3 Å². The zero-order valence-electron chi connectivity index (χ0n) is 16.4. The molecule has 0 aliphatic carbocycles. The zero-order valence-corrected chi connectivity index (χ0v) is 16.4. The number of carboxylic acids is 1. The molecule has 1 aromatic rings. The summed E-state index contributed by atoms with van der Waals surface area (Å²) in [6, 6.07) is 6.15. The fourth-order valence-corrected chi connectivity index (χ4v) is 2.37. The monoisotopic (exact) mass is 393 g/mol. The van der Waals surface area contributed by atoms with E-state index in [0.717, 1.165) is 0 Å². The quantitative estimate of drug-likeness (QED) is 0.514. The number of alkyl carbamates (subject to hydrolysis) is 1. The fraction of sp³-hybridized carbons (Fsp3) is 0.474. The van der Waals surface area contributed by atoms with Crippen molar-refractivity contribution in [2.45, 2.75) is 51.8 Å².